The van der Waals surface area contributed by atoms with Gasteiger partial charge in [-0.25, -0.2) is 9.37 Å². The number of amides is 1. The van der Waals surface area contributed by atoms with Crippen LogP contribution in [0.25, 0.3) is 10.8 Å². The molecule has 8 heteroatoms. The van der Waals surface area contributed by atoms with Crippen LogP contribution in [0, 0.1) is 29.1 Å². The Labute approximate surface area is 192 Å². The fourth-order valence-corrected chi connectivity index (χ4v) is 3.71. The van der Waals surface area contributed by atoms with Crippen molar-refractivity contribution in [3.63, 3.8) is 0 Å². The summed E-state index contributed by atoms with van der Waals surface area (Å²) >= 11 is 0. The lowest BCUT2D eigenvalue weighted by atomic mass is 9.97. The Hall–Kier alpha value is -3.36. The molecule has 7 nitrogen and oxygen atoms in total. The molecule has 2 aromatic rings. The van der Waals surface area contributed by atoms with Crippen LogP contribution in [-0.4, -0.2) is 46.5 Å². The molecule has 1 fully saturated rings. The number of hydrogen-bond acceptors (Lipinski definition) is 6. The Morgan fingerprint density at radius 3 is 2.64 bits per heavy atom. The monoisotopic (exact) mass is 453 g/mol. The number of hydrogen-bond donors (Lipinski definition) is 2. The fraction of sp³-hybridized carbons (Fsp3) is 0.480. The average Bonchev–Trinajstić information content (AvgIpc) is 3.02. The minimum absolute atomic E-state index is 0.0435. The smallest absolute Gasteiger partial charge is 0.255 e. The number of ether oxygens (including phenoxy) is 2. The molecule has 1 aliphatic rings. The summed E-state index contributed by atoms with van der Waals surface area (Å²) in [6.07, 6.45) is 0.275. The number of rotatable bonds is 6. The van der Waals surface area contributed by atoms with Gasteiger partial charge in [0, 0.05) is 22.9 Å². The van der Waals surface area contributed by atoms with E-state index in [0.717, 1.165) is 0 Å². The van der Waals surface area contributed by atoms with Crippen LogP contribution >= 0.6 is 0 Å². The normalized spacial score (nSPS) is 20.2. The number of pyridine rings is 1. The minimum atomic E-state index is -1.56. The number of nitrogens with zero attached hydrogens (tertiary/aromatic N) is 2. The van der Waals surface area contributed by atoms with Crippen molar-refractivity contribution in [3.8, 4) is 29.5 Å². The summed E-state index contributed by atoms with van der Waals surface area (Å²) in [7, 11) is 0. The van der Waals surface area contributed by atoms with Crippen molar-refractivity contribution in [1.82, 2.24) is 10.3 Å². The molecule has 0 radical (unpaired) electrons. The van der Waals surface area contributed by atoms with E-state index in [9.17, 15) is 19.6 Å². The van der Waals surface area contributed by atoms with E-state index in [-0.39, 0.29) is 18.6 Å². The van der Waals surface area contributed by atoms with Crippen molar-refractivity contribution >= 4 is 16.7 Å². The van der Waals surface area contributed by atoms with E-state index < -0.39 is 29.6 Å². The Morgan fingerprint density at radius 2 is 2.03 bits per heavy atom. The molecule has 2 heterocycles. The van der Waals surface area contributed by atoms with Gasteiger partial charge < -0.3 is 19.9 Å². The molecule has 1 aromatic heterocycles. The molecular weight excluding hydrogens is 425 g/mol. The maximum atomic E-state index is 14.1. The van der Waals surface area contributed by atoms with Gasteiger partial charge in [0.05, 0.1) is 23.3 Å². The van der Waals surface area contributed by atoms with E-state index in [1.165, 1.54) is 6.20 Å². The zero-order valence-corrected chi connectivity index (χ0v) is 19.4. The second-order valence-electron chi connectivity index (χ2n) is 8.86. The number of halogens is 1. The average molecular weight is 454 g/mol. The number of carbonyl (C=O) groups is 1. The van der Waals surface area contributed by atoms with Crippen LogP contribution in [0.1, 0.15) is 52.2 Å². The van der Waals surface area contributed by atoms with Gasteiger partial charge in [0.2, 0.25) is 5.88 Å². The number of alkyl halides is 1. The number of nitrogens with one attached hydrogen (secondary N) is 1. The molecule has 0 saturated carbocycles. The second-order valence-corrected chi connectivity index (χ2v) is 8.86. The van der Waals surface area contributed by atoms with Crippen molar-refractivity contribution in [2.24, 2.45) is 5.92 Å². The highest BCUT2D eigenvalue weighted by Crippen LogP contribution is 2.34. The first kappa shape index (κ1) is 24.3. The topological polar surface area (TPSA) is 104 Å². The summed E-state index contributed by atoms with van der Waals surface area (Å²) in [5.74, 6) is 5.19. The Morgan fingerprint density at radius 1 is 1.30 bits per heavy atom. The first-order valence-electron chi connectivity index (χ1n) is 10.9. The van der Waals surface area contributed by atoms with Crippen molar-refractivity contribution in [2.75, 3.05) is 6.61 Å². The Balaban J connectivity index is 2.06. The Kier molecular flexibility index (Phi) is 7.09. The third kappa shape index (κ3) is 5.53. The third-order valence-electron chi connectivity index (χ3n) is 5.28. The summed E-state index contributed by atoms with van der Waals surface area (Å²) in [4.78, 5) is 16.1. The Bertz CT molecular complexity index is 1150. The first-order valence-corrected chi connectivity index (χ1v) is 10.9. The lowest BCUT2D eigenvalue weighted by Gasteiger charge is -2.19. The van der Waals surface area contributed by atoms with Crippen LogP contribution in [0.5, 0.6) is 11.6 Å². The summed E-state index contributed by atoms with van der Waals surface area (Å²) in [5, 5.41) is 23.4. The first-order chi connectivity index (χ1) is 15.5. The molecule has 0 aliphatic carbocycles. The molecule has 0 unspecified atom stereocenters. The molecule has 3 atom stereocenters. The third-order valence-corrected chi connectivity index (χ3v) is 5.28. The highest BCUT2D eigenvalue weighted by atomic mass is 19.1. The lowest BCUT2D eigenvalue weighted by Crippen LogP contribution is -2.34. The second kappa shape index (κ2) is 9.64. The summed E-state index contributed by atoms with van der Waals surface area (Å²) in [6, 6.07) is 4.99. The SMILES string of the molecule is CC[C@@H]1[C@H](F)C(=O)N[C@@H]1COc1ncc(C#CC(C)(C)O)c2cc(C#N)c(OC(C)C)cc12. The molecule has 2 N–H and O–H groups in total. The molecule has 174 valence electrons. The molecular formula is C25H28FN3O4. The highest BCUT2D eigenvalue weighted by molar-refractivity contribution is 5.94. The predicted molar refractivity (Wildman–Crippen MR) is 122 cm³/mol. The van der Waals surface area contributed by atoms with Crippen molar-refractivity contribution in [2.45, 2.75) is 65.0 Å². The van der Waals surface area contributed by atoms with Gasteiger partial charge in [-0.05, 0) is 46.2 Å². The van der Waals surface area contributed by atoms with Gasteiger partial charge in [-0.2, -0.15) is 5.26 Å². The number of fused-ring (bicyclic) bond motifs is 1. The van der Waals surface area contributed by atoms with E-state index in [1.807, 2.05) is 20.8 Å². The molecule has 1 aromatic carbocycles. The maximum Gasteiger partial charge on any atom is 0.255 e. The highest BCUT2D eigenvalue weighted by Gasteiger charge is 2.41. The minimum Gasteiger partial charge on any atom is -0.490 e. The van der Waals surface area contributed by atoms with E-state index in [2.05, 4.69) is 28.2 Å². The molecule has 0 bridgehead atoms. The van der Waals surface area contributed by atoms with Crippen LogP contribution in [0.2, 0.25) is 0 Å². The van der Waals surface area contributed by atoms with Gasteiger partial charge in [0.25, 0.3) is 5.91 Å². The van der Waals surface area contributed by atoms with Crippen LogP contribution in [0.3, 0.4) is 0 Å². The standard InChI is InChI=1S/C25H28FN3O4/c1-6-17-20(29-23(30)22(17)26)13-32-24-19-10-21(33-14(2)3)16(11-27)9-18(19)15(12-28-24)7-8-25(4,5)31/h9-10,12,14,17,20,22,31H,6,13H2,1-5H3,(H,29,30)/t17-,20+,22-/m0/s1. The summed E-state index contributed by atoms with van der Waals surface area (Å²) in [6.45, 7) is 8.72. The fourth-order valence-electron chi connectivity index (χ4n) is 3.71. The van der Waals surface area contributed by atoms with Gasteiger partial charge in [0.15, 0.2) is 6.17 Å². The number of carbonyl (C=O) groups excluding carboxylic acids is 1. The number of benzene rings is 1. The van der Waals surface area contributed by atoms with Crippen LogP contribution in [0.4, 0.5) is 4.39 Å². The van der Waals surface area contributed by atoms with Crippen molar-refractivity contribution in [1.29, 1.82) is 5.26 Å². The predicted octanol–water partition coefficient (Wildman–Crippen LogP) is 3.26. The summed E-state index contributed by atoms with van der Waals surface area (Å²) < 4.78 is 25.9. The van der Waals surface area contributed by atoms with Gasteiger partial charge in [-0.1, -0.05) is 18.8 Å². The van der Waals surface area contributed by atoms with E-state index in [4.69, 9.17) is 9.47 Å². The van der Waals surface area contributed by atoms with Crippen LogP contribution in [0.15, 0.2) is 18.3 Å². The zero-order chi connectivity index (χ0) is 24.3. The molecule has 1 saturated heterocycles. The van der Waals surface area contributed by atoms with E-state index in [1.54, 1.807) is 26.0 Å². The van der Waals surface area contributed by atoms with Crippen molar-refractivity contribution < 1.29 is 23.8 Å². The van der Waals surface area contributed by atoms with Gasteiger partial charge in [-0.3, -0.25) is 4.79 Å². The molecule has 0 spiro atoms. The van der Waals surface area contributed by atoms with E-state index >= 15 is 0 Å². The largest absolute Gasteiger partial charge is 0.490 e. The number of nitriles is 1. The van der Waals surface area contributed by atoms with Gasteiger partial charge >= 0.3 is 0 Å². The van der Waals surface area contributed by atoms with Crippen LogP contribution in [-0.2, 0) is 4.79 Å². The summed E-state index contributed by atoms with van der Waals surface area (Å²) in [5.41, 5.74) is -0.371. The molecule has 1 aliphatic heterocycles. The van der Waals surface area contributed by atoms with Gasteiger partial charge in [-0.15, -0.1) is 0 Å². The molecule has 33 heavy (non-hydrogen) atoms. The zero-order valence-electron chi connectivity index (χ0n) is 19.4. The van der Waals surface area contributed by atoms with E-state index in [0.29, 0.717) is 34.1 Å². The molecule has 3 rings (SSSR count). The maximum absolute atomic E-state index is 14.1. The van der Waals surface area contributed by atoms with Crippen LogP contribution < -0.4 is 14.8 Å². The van der Waals surface area contributed by atoms with Crippen molar-refractivity contribution in [3.05, 3.63) is 29.5 Å². The number of aliphatic hydroxyl groups is 1. The number of aromatic nitrogens is 1. The lowest BCUT2D eigenvalue weighted by molar-refractivity contribution is -0.123. The van der Waals surface area contributed by atoms with Gasteiger partial charge in [0.1, 0.15) is 24.0 Å². The molecule has 1 amide bonds. The quantitative estimate of drug-likeness (QED) is 0.651.